The summed E-state index contributed by atoms with van der Waals surface area (Å²) in [5.41, 5.74) is 0.199. The van der Waals surface area contributed by atoms with Crippen LogP contribution in [0.5, 0.6) is 0 Å². The molecule has 1 fully saturated rings. The van der Waals surface area contributed by atoms with Crippen LogP contribution in [0.4, 0.5) is 19.0 Å². The van der Waals surface area contributed by atoms with Crippen LogP contribution in [0.25, 0.3) is 26.8 Å². The zero-order valence-corrected chi connectivity index (χ0v) is 19.9. The normalized spacial score (nSPS) is 14.6. The second-order valence-corrected chi connectivity index (χ2v) is 9.65. The molecule has 0 unspecified atom stereocenters. The minimum atomic E-state index is -4.60. The number of pyridine rings is 1. The molecule has 3 aromatic heterocycles. The first-order valence-electron chi connectivity index (χ1n) is 10.4. The van der Waals surface area contributed by atoms with E-state index in [-0.39, 0.29) is 10.8 Å². The van der Waals surface area contributed by atoms with Gasteiger partial charge in [-0.15, -0.1) is 11.3 Å². The number of rotatable bonds is 4. The van der Waals surface area contributed by atoms with E-state index >= 15 is 0 Å². The third kappa shape index (κ3) is 4.65. The molecule has 0 amide bonds. The zero-order chi connectivity index (χ0) is 23.9. The summed E-state index contributed by atoms with van der Waals surface area (Å²) in [5, 5.41) is 3.93. The second kappa shape index (κ2) is 9.22. The fraction of sp³-hybridized carbons (Fsp3) is 0.217. The van der Waals surface area contributed by atoms with Crippen molar-refractivity contribution in [2.24, 2.45) is 0 Å². The van der Waals surface area contributed by atoms with Crippen molar-refractivity contribution in [3.63, 3.8) is 0 Å². The molecule has 0 aliphatic carbocycles. The molecule has 0 atom stereocenters. The molecule has 1 aromatic carbocycles. The summed E-state index contributed by atoms with van der Waals surface area (Å²) < 4.78 is 41.9. The summed E-state index contributed by atoms with van der Waals surface area (Å²) in [5.74, 6) is 1.04. The van der Waals surface area contributed by atoms with Crippen molar-refractivity contribution in [1.82, 2.24) is 19.9 Å². The van der Waals surface area contributed by atoms with Gasteiger partial charge >= 0.3 is 6.18 Å². The number of nitrogens with zero attached hydrogens (tertiary/aromatic N) is 4. The zero-order valence-electron chi connectivity index (χ0n) is 17.6. The maximum Gasteiger partial charge on any atom is 0.434 e. The van der Waals surface area contributed by atoms with Gasteiger partial charge in [0.15, 0.2) is 11.5 Å². The van der Waals surface area contributed by atoms with Crippen LogP contribution in [0, 0.1) is 0 Å². The Balaban J connectivity index is 1.51. The Morgan fingerprint density at radius 2 is 1.74 bits per heavy atom. The van der Waals surface area contributed by atoms with Crippen LogP contribution < -0.4 is 10.2 Å². The molecule has 0 bridgehead atoms. The van der Waals surface area contributed by atoms with E-state index < -0.39 is 11.9 Å². The van der Waals surface area contributed by atoms with Crippen LogP contribution in [-0.2, 0) is 6.18 Å². The molecule has 1 aliphatic heterocycles. The number of hydrogen-bond acceptors (Lipinski definition) is 5. The molecule has 0 radical (unpaired) electrons. The van der Waals surface area contributed by atoms with Gasteiger partial charge in [-0.2, -0.15) is 13.2 Å². The molecule has 0 saturated carbocycles. The van der Waals surface area contributed by atoms with Gasteiger partial charge in [0, 0.05) is 54.0 Å². The SMILES string of the molecule is FC(F)(F)c1cn(-c2cc(Cl)ccc2Cl)c(-c2ccc(-c3ccc(N4CCNCC4)nc3)s2)n1. The molecule has 34 heavy (non-hydrogen) atoms. The highest BCUT2D eigenvalue weighted by Gasteiger charge is 2.35. The molecule has 4 heterocycles. The Kier molecular flexibility index (Phi) is 6.28. The van der Waals surface area contributed by atoms with Gasteiger partial charge in [0.2, 0.25) is 0 Å². The first-order chi connectivity index (χ1) is 16.3. The lowest BCUT2D eigenvalue weighted by Gasteiger charge is -2.28. The molecule has 5 rings (SSSR count). The molecule has 1 saturated heterocycles. The van der Waals surface area contributed by atoms with Crippen molar-refractivity contribution in [3.8, 4) is 26.8 Å². The van der Waals surface area contributed by atoms with Crippen molar-refractivity contribution < 1.29 is 13.2 Å². The first-order valence-corrected chi connectivity index (χ1v) is 12.0. The molecule has 1 N–H and O–H groups in total. The third-order valence-corrected chi connectivity index (χ3v) is 7.15. The molecular formula is C23H18Cl2F3N5S. The number of imidazole rings is 1. The Morgan fingerprint density at radius 3 is 2.44 bits per heavy atom. The van der Waals surface area contributed by atoms with E-state index in [0.717, 1.165) is 48.6 Å². The number of nitrogens with one attached hydrogen (secondary N) is 1. The van der Waals surface area contributed by atoms with Crippen LogP contribution in [0.1, 0.15) is 5.69 Å². The molecule has 1 aliphatic rings. The standard InChI is InChI=1S/C23H18Cl2F3N5S/c24-15-2-3-16(25)17(11-15)33-13-20(23(26,27)28)31-22(33)19-5-4-18(34-19)14-1-6-21(30-12-14)32-9-7-29-8-10-32/h1-6,11-13,29H,7-10H2. The predicted octanol–water partition coefficient (Wildman–Crippen LogP) is 6.40. The molecular weight excluding hydrogens is 506 g/mol. The van der Waals surface area contributed by atoms with Gasteiger partial charge in [-0.3, -0.25) is 4.57 Å². The van der Waals surface area contributed by atoms with Crippen LogP contribution in [0.15, 0.2) is 54.9 Å². The Bertz CT molecular complexity index is 1310. The van der Waals surface area contributed by atoms with Gasteiger partial charge in [0.05, 0.1) is 15.6 Å². The lowest BCUT2D eigenvalue weighted by molar-refractivity contribution is -0.140. The number of piperazine rings is 1. The van der Waals surface area contributed by atoms with E-state index in [4.69, 9.17) is 23.2 Å². The summed E-state index contributed by atoms with van der Waals surface area (Å²) in [6.45, 7) is 3.62. The highest BCUT2D eigenvalue weighted by atomic mass is 35.5. The molecule has 5 nitrogen and oxygen atoms in total. The molecule has 11 heteroatoms. The maximum absolute atomic E-state index is 13.5. The summed E-state index contributed by atoms with van der Waals surface area (Å²) in [7, 11) is 0. The summed E-state index contributed by atoms with van der Waals surface area (Å²) in [4.78, 5) is 12.1. The van der Waals surface area contributed by atoms with Gasteiger partial charge in [-0.25, -0.2) is 9.97 Å². The van der Waals surface area contributed by atoms with Crippen LogP contribution in [-0.4, -0.2) is 40.7 Å². The van der Waals surface area contributed by atoms with E-state index in [1.54, 1.807) is 24.4 Å². The van der Waals surface area contributed by atoms with Gasteiger partial charge in [-0.05, 0) is 42.5 Å². The van der Waals surface area contributed by atoms with Crippen molar-refractivity contribution in [2.75, 3.05) is 31.1 Å². The minimum absolute atomic E-state index is 0.137. The lowest BCUT2D eigenvalue weighted by atomic mass is 10.2. The topological polar surface area (TPSA) is 46.0 Å². The number of anilines is 1. The summed E-state index contributed by atoms with van der Waals surface area (Å²) >= 11 is 13.7. The van der Waals surface area contributed by atoms with Crippen LogP contribution >= 0.6 is 34.5 Å². The van der Waals surface area contributed by atoms with Gasteiger partial charge in [0.1, 0.15) is 5.82 Å². The lowest BCUT2D eigenvalue weighted by Crippen LogP contribution is -2.43. The third-order valence-electron chi connectivity index (χ3n) is 5.46. The number of hydrogen-bond donors (Lipinski definition) is 1. The number of alkyl halides is 3. The highest BCUT2D eigenvalue weighted by Crippen LogP contribution is 2.39. The number of benzene rings is 1. The largest absolute Gasteiger partial charge is 0.434 e. The van der Waals surface area contributed by atoms with E-state index in [0.29, 0.717) is 15.6 Å². The van der Waals surface area contributed by atoms with E-state index in [1.807, 2.05) is 18.2 Å². The minimum Gasteiger partial charge on any atom is -0.354 e. The average Bonchev–Trinajstić information content (AvgIpc) is 3.49. The van der Waals surface area contributed by atoms with Crippen LogP contribution in [0.3, 0.4) is 0 Å². The Morgan fingerprint density at radius 1 is 0.971 bits per heavy atom. The second-order valence-electron chi connectivity index (χ2n) is 7.72. The smallest absolute Gasteiger partial charge is 0.354 e. The fourth-order valence-electron chi connectivity index (χ4n) is 3.77. The first kappa shape index (κ1) is 23.2. The maximum atomic E-state index is 13.5. The summed E-state index contributed by atoms with van der Waals surface area (Å²) in [6, 6.07) is 12.2. The quantitative estimate of drug-likeness (QED) is 0.336. The number of thiophene rings is 1. The number of aromatic nitrogens is 3. The van der Waals surface area contributed by atoms with E-state index in [1.165, 1.54) is 22.0 Å². The van der Waals surface area contributed by atoms with Gasteiger partial charge in [0.25, 0.3) is 0 Å². The molecule has 176 valence electrons. The van der Waals surface area contributed by atoms with Gasteiger partial charge in [-0.1, -0.05) is 23.2 Å². The predicted molar refractivity (Wildman–Crippen MR) is 130 cm³/mol. The monoisotopic (exact) mass is 523 g/mol. The fourth-order valence-corrected chi connectivity index (χ4v) is 5.13. The average molecular weight is 524 g/mol. The highest BCUT2D eigenvalue weighted by molar-refractivity contribution is 7.18. The van der Waals surface area contributed by atoms with E-state index in [2.05, 4.69) is 20.2 Å². The van der Waals surface area contributed by atoms with Gasteiger partial charge < -0.3 is 10.2 Å². The molecule has 0 spiro atoms. The van der Waals surface area contributed by atoms with E-state index in [9.17, 15) is 13.2 Å². The van der Waals surface area contributed by atoms with Crippen molar-refractivity contribution in [1.29, 1.82) is 0 Å². The van der Waals surface area contributed by atoms with Crippen molar-refractivity contribution >= 4 is 40.4 Å². The molecule has 4 aromatic rings. The Hall–Kier alpha value is -2.59. The van der Waals surface area contributed by atoms with Crippen LogP contribution in [0.2, 0.25) is 10.0 Å². The van der Waals surface area contributed by atoms with Crippen molar-refractivity contribution in [3.05, 3.63) is 70.6 Å². The Labute approximate surface area is 207 Å². The van der Waals surface area contributed by atoms with Crippen molar-refractivity contribution in [2.45, 2.75) is 6.18 Å². The number of halogens is 5. The summed E-state index contributed by atoms with van der Waals surface area (Å²) in [6.07, 6.45) is -1.88.